The molecule has 1 saturated heterocycles. The number of rotatable bonds is 2. The number of pyridine rings is 1. The standard InChI is InChI=1S/C11H10F2N4/c12-10(13)7-4-17(5-7)11-8-1-2-14-3-9(8)15-6-16-11/h1-3,6-7,10H,4-5H2. The monoisotopic (exact) mass is 236 g/mol. The molecule has 0 amide bonds. The van der Waals surface area contributed by atoms with Gasteiger partial charge in [0.15, 0.2) is 0 Å². The van der Waals surface area contributed by atoms with Crippen molar-refractivity contribution >= 4 is 16.7 Å². The first kappa shape index (κ1) is 10.3. The first-order valence-electron chi connectivity index (χ1n) is 5.33. The van der Waals surface area contributed by atoms with E-state index in [4.69, 9.17) is 0 Å². The molecule has 1 aliphatic rings. The predicted octanol–water partition coefficient (Wildman–Crippen LogP) is 1.73. The van der Waals surface area contributed by atoms with Crippen LogP contribution in [-0.2, 0) is 0 Å². The van der Waals surface area contributed by atoms with Crippen LogP contribution in [0.2, 0.25) is 0 Å². The van der Waals surface area contributed by atoms with Crippen molar-refractivity contribution < 1.29 is 8.78 Å². The average molecular weight is 236 g/mol. The van der Waals surface area contributed by atoms with Gasteiger partial charge in [-0.25, -0.2) is 18.7 Å². The van der Waals surface area contributed by atoms with Gasteiger partial charge in [-0.15, -0.1) is 0 Å². The van der Waals surface area contributed by atoms with Gasteiger partial charge in [0.2, 0.25) is 6.43 Å². The summed E-state index contributed by atoms with van der Waals surface area (Å²) in [5.41, 5.74) is 0.734. The molecule has 0 N–H and O–H groups in total. The van der Waals surface area contributed by atoms with Crippen LogP contribution in [0.3, 0.4) is 0 Å². The SMILES string of the molecule is FC(F)C1CN(c2ncnc3cnccc23)C1. The van der Waals surface area contributed by atoms with Gasteiger partial charge >= 0.3 is 0 Å². The second kappa shape index (κ2) is 3.87. The minimum absolute atomic E-state index is 0.353. The molecule has 3 rings (SSSR count). The van der Waals surface area contributed by atoms with Crippen molar-refractivity contribution in [1.29, 1.82) is 0 Å². The van der Waals surface area contributed by atoms with Crippen LogP contribution in [0, 0.1) is 5.92 Å². The second-order valence-electron chi connectivity index (χ2n) is 4.09. The summed E-state index contributed by atoms with van der Waals surface area (Å²) in [4.78, 5) is 14.1. The zero-order valence-corrected chi connectivity index (χ0v) is 8.92. The third-order valence-electron chi connectivity index (χ3n) is 2.98. The highest BCUT2D eigenvalue weighted by molar-refractivity contribution is 5.88. The summed E-state index contributed by atoms with van der Waals surface area (Å²) < 4.78 is 24.8. The maximum atomic E-state index is 12.4. The molecule has 0 saturated carbocycles. The average Bonchev–Trinajstić information content (AvgIpc) is 2.27. The summed E-state index contributed by atoms with van der Waals surface area (Å²) in [5.74, 6) is 0.177. The van der Waals surface area contributed by atoms with Crippen molar-refractivity contribution in [3.05, 3.63) is 24.8 Å². The molecule has 0 aliphatic carbocycles. The fourth-order valence-corrected chi connectivity index (χ4v) is 1.99. The summed E-state index contributed by atoms with van der Waals surface area (Å²) >= 11 is 0. The van der Waals surface area contributed by atoms with Gasteiger partial charge in [-0.1, -0.05) is 0 Å². The molecule has 2 aromatic heterocycles. The van der Waals surface area contributed by atoms with E-state index in [1.165, 1.54) is 6.33 Å². The Kier molecular flexibility index (Phi) is 2.35. The summed E-state index contributed by atoms with van der Waals surface area (Å²) in [5, 5.41) is 0.857. The van der Waals surface area contributed by atoms with Gasteiger partial charge in [-0.2, -0.15) is 0 Å². The Balaban J connectivity index is 1.92. The Morgan fingerprint density at radius 1 is 1.29 bits per heavy atom. The number of aromatic nitrogens is 3. The number of fused-ring (bicyclic) bond motifs is 1. The Bertz CT molecular complexity index is 534. The first-order valence-corrected chi connectivity index (χ1v) is 5.33. The van der Waals surface area contributed by atoms with Crippen LogP contribution in [0.4, 0.5) is 14.6 Å². The molecule has 3 heterocycles. The van der Waals surface area contributed by atoms with E-state index in [-0.39, 0.29) is 0 Å². The molecule has 0 radical (unpaired) electrons. The molecule has 0 aromatic carbocycles. The van der Waals surface area contributed by atoms with Crippen molar-refractivity contribution in [2.24, 2.45) is 5.92 Å². The number of anilines is 1. The second-order valence-corrected chi connectivity index (χ2v) is 4.09. The van der Waals surface area contributed by atoms with Crippen LogP contribution < -0.4 is 4.90 Å². The van der Waals surface area contributed by atoms with E-state index in [2.05, 4.69) is 15.0 Å². The topological polar surface area (TPSA) is 41.9 Å². The highest BCUT2D eigenvalue weighted by Gasteiger charge is 2.35. The molecule has 17 heavy (non-hydrogen) atoms. The van der Waals surface area contributed by atoms with E-state index in [1.807, 2.05) is 4.90 Å². The van der Waals surface area contributed by atoms with Gasteiger partial charge in [0.25, 0.3) is 0 Å². The lowest BCUT2D eigenvalue weighted by molar-refractivity contribution is 0.0612. The van der Waals surface area contributed by atoms with E-state index in [0.29, 0.717) is 18.9 Å². The van der Waals surface area contributed by atoms with Crippen LogP contribution in [-0.4, -0.2) is 34.5 Å². The lowest BCUT2D eigenvalue weighted by Gasteiger charge is -2.39. The molecule has 0 atom stereocenters. The van der Waals surface area contributed by atoms with Crippen molar-refractivity contribution in [2.75, 3.05) is 18.0 Å². The number of alkyl halides is 2. The Morgan fingerprint density at radius 3 is 2.88 bits per heavy atom. The number of halogens is 2. The zero-order valence-electron chi connectivity index (χ0n) is 8.92. The molecule has 2 aromatic rings. The van der Waals surface area contributed by atoms with Gasteiger partial charge in [0.1, 0.15) is 12.1 Å². The van der Waals surface area contributed by atoms with E-state index in [9.17, 15) is 8.78 Å². The van der Waals surface area contributed by atoms with Crippen molar-refractivity contribution in [1.82, 2.24) is 15.0 Å². The maximum absolute atomic E-state index is 12.4. The minimum Gasteiger partial charge on any atom is -0.355 e. The Labute approximate surface area is 96.3 Å². The quantitative estimate of drug-likeness (QED) is 0.796. The van der Waals surface area contributed by atoms with Gasteiger partial charge in [-0.3, -0.25) is 4.98 Å². The fourth-order valence-electron chi connectivity index (χ4n) is 1.99. The van der Waals surface area contributed by atoms with Crippen LogP contribution >= 0.6 is 0 Å². The summed E-state index contributed by atoms with van der Waals surface area (Å²) in [6, 6.07) is 1.81. The number of hydrogen-bond donors (Lipinski definition) is 0. The van der Waals surface area contributed by atoms with Crippen LogP contribution in [0.5, 0.6) is 0 Å². The largest absolute Gasteiger partial charge is 0.355 e. The molecule has 88 valence electrons. The fraction of sp³-hybridized carbons (Fsp3) is 0.364. The molecular weight excluding hydrogens is 226 g/mol. The van der Waals surface area contributed by atoms with E-state index >= 15 is 0 Å². The molecule has 6 heteroatoms. The summed E-state index contributed by atoms with van der Waals surface area (Å²) in [6.07, 6.45) is 2.49. The molecule has 4 nitrogen and oxygen atoms in total. The van der Waals surface area contributed by atoms with Gasteiger partial charge < -0.3 is 4.90 Å². The Morgan fingerprint density at radius 2 is 2.12 bits per heavy atom. The van der Waals surface area contributed by atoms with Crippen molar-refractivity contribution in [3.8, 4) is 0 Å². The third-order valence-corrected chi connectivity index (χ3v) is 2.98. The smallest absolute Gasteiger partial charge is 0.244 e. The molecule has 0 bridgehead atoms. The van der Waals surface area contributed by atoms with Gasteiger partial charge in [0, 0.05) is 24.7 Å². The van der Waals surface area contributed by atoms with E-state index in [0.717, 1.165) is 10.9 Å². The highest BCUT2D eigenvalue weighted by Crippen LogP contribution is 2.30. The van der Waals surface area contributed by atoms with E-state index in [1.54, 1.807) is 18.5 Å². The van der Waals surface area contributed by atoms with Crippen molar-refractivity contribution in [2.45, 2.75) is 6.43 Å². The van der Waals surface area contributed by atoms with Crippen molar-refractivity contribution in [3.63, 3.8) is 0 Å². The highest BCUT2D eigenvalue weighted by atomic mass is 19.3. The summed E-state index contributed by atoms with van der Waals surface area (Å²) in [7, 11) is 0. The zero-order chi connectivity index (χ0) is 11.8. The normalized spacial score (nSPS) is 16.5. The Hall–Kier alpha value is -1.85. The molecule has 1 aliphatic heterocycles. The lowest BCUT2D eigenvalue weighted by atomic mass is 10.0. The van der Waals surface area contributed by atoms with E-state index < -0.39 is 12.3 Å². The van der Waals surface area contributed by atoms with Crippen LogP contribution in [0.25, 0.3) is 10.9 Å². The van der Waals surface area contributed by atoms with Gasteiger partial charge in [0.05, 0.1) is 17.6 Å². The van der Waals surface area contributed by atoms with Crippen LogP contribution in [0.1, 0.15) is 0 Å². The number of hydrogen-bond acceptors (Lipinski definition) is 4. The maximum Gasteiger partial charge on any atom is 0.244 e. The third kappa shape index (κ3) is 1.69. The molecule has 0 unspecified atom stereocenters. The number of nitrogens with zero attached hydrogens (tertiary/aromatic N) is 4. The van der Waals surface area contributed by atoms with Crippen LogP contribution in [0.15, 0.2) is 24.8 Å². The molecular formula is C11H10F2N4. The summed E-state index contributed by atoms with van der Waals surface area (Å²) in [6.45, 7) is 0.707. The molecule has 1 fully saturated rings. The first-order chi connectivity index (χ1) is 8.25. The molecule has 0 spiro atoms. The van der Waals surface area contributed by atoms with Gasteiger partial charge in [-0.05, 0) is 6.07 Å². The lowest BCUT2D eigenvalue weighted by Crippen LogP contribution is -2.50. The minimum atomic E-state index is -2.25. The predicted molar refractivity (Wildman–Crippen MR) is 59.0 cm³/mol.